The Bertz CT molecular complexity index is 360. The average Bonchev–Trinajstić information content (AvgIpc) is 2.57. The van der Waals surface area contributed by atoms with E-state index in [1.807, 2.05) is 30.3 Å². The molecule has 126 valence electrons. The maximum absolute atomic E-state index is 5.53. The second kappa shape index (κ2) is 11.5. The average molecular weight is 333 g/mol. The summed E-state index contributed by atoms with van der Waals surface area (Å²) in [4.78, 5) is 14.7. The summed E-state index contributed by atoms with van der Waals surface area (Å²) in [6, 6.07) is 9.50. The maximum Gasteiger partial charge on any atom is 0.765 e. The van der Waals surface area contributed by atoms with Crippen LogP contribution in [0.1, 0.15) is 20.8 Å². The molecule has 0 aliphatic rings. The van der Waals surface area contributed by atoms with E-state index < -0.39 is 9.05 Å². The first-order chi connectivity index (χ1) is 10.8. The van der Waals surface area contributed by atoms with Crippen LogP contribution in [0.4, 0.5) is 5.69 Å². The molecule has 1 aromatic carbocycles. The first-order valence-corrected chi connectivity index (χ1v) is 8.74. The lowest BCUT2D eigenvalue weighted by atomic mass is 10.3. The molecule has 0 aromatic heterocycles. The molecule has 0 heterocycles. The Morgan fingerprint density at radius 1 is 0.818 bits per heavy atom. The van der Waals surface area contributed by atoms with Crippen LogP contribution in [0.25, 0.3) is 0 Å². The second-order valence-electron chi connectivity index (χ2n) is 3.80. The van der Waals surface area contributed by atoms with Crippen molar-refractivity contribution in [3.05, 3.63) is 30.3 Å². The van der Waals surface area contributed by atoms with Gasteiger partial charge in [0.2, 0.25) is 0 Å². The maximum atomic E-state index is 5.53. The Morgan fingerprint density at radius 2 is 1.32 bits per heavy atom. The lowest BCUT2D eigenvalue weighted by Gasteiger charge is -2.24. The molecule has 8 nitrogen and oxygen atoms in total. The van der Waals surface area contributed by atoms with Gasteiger partial charge in [0.25, 0.3) is 0 Å². The van der Waals surface area contributed by atoms with E-state index in [1.54, 1.807) is 20.8 Å². The Hall–Kier alpha value is -1.04. The molecule has 0 saturated carbocycles. The SMILES string of the molecule is CCOO[Si](OCNc1ccccc1)(OOCC)OOCC. The van der Waals surface area contributed by atoms with E-state index in [-0.39, 0.29) is 26.6 Å². The van der Waals surface area contributed by atoms with Crippen LogP contribution in [0.3, 0.4) is 0 Å². The standard InChI is InChI=1S/C13H23NO7Si/c1-4-15-19-22(20-16-5-2,21-17-6-3)18-12-14-13-10-8-7-9-11-13/h7-11,14H,4-6,12H2,1-3H3. The van der Waals surface area contributed by atoms with Crippen LogP contribution >= 0.6 is 0 Å². The van der Waals surface area contributed by atoms with Gasteiger partial charge in [0, 0.05) is 5.69 Å². The fourth-order valence-electron chi connectivity index (χ4n) is 1.27. The summed E-state index contributed by atoms with van der Waals surface area (Å²) in [7, 11) is -3.74. The first kappa shape index (κ1) is 19.0. The minimum absolute atomic E-state index is 0.0590. The fraction of sp³-hybridized carbons (Fsp3) is 0.538. The van der Waals surface area contributed by atoms with Gasteiger partial charge in [-0.1, -0.05) is 18.2 Å². The van der Waals surface area contributed by atoms with Crippen LogP contribution in [0.5, 0.6) is 0 Å². The Labute approximate surface area is 131 Å². The van der Waals surface area contributed by atoms with Gasteiger partial charge in [-0.2, -0.15) is 13.7 Å². The number of hydrogen-bond donors (Lipinski definition) is 1. The predicted molar refractivity (Wildman–Crippen MR) is 79.9 cm³/mol. The molecule has 0 aliphatic carbocycles. The van der Waals surface area contributed by atoms with Gasteiger partial charge in [-0.25, -0.2) is 14.7 Å². The first-order valence-electron chi connectivity index (χ1n) is 7.11. The lowest BCUT2D eigenvalue weighted by Crippen LogP contribution is -2.50. The lowest BCUT2D eigenvalue weighted by molar-refractivity contribution is -0.385. The van der Waals surface area contributed by atoms with Crippen molar-refractivity contribution in [2.45, 2.75) is 20.8 Å². The summed E-state index contributed by atoms with van der Waals surface area (Å²) >= 11 is 0. The van der Waals surface area contributed by atoms with Gasteiger partial charge in [-0.05, 0) is 32.9 Å². The summed E-state index contributed by atoms with van der Waals surface area (Å²) in [5.41, 5.74) is 0.870. The molecule has 1 N–H and O–H groups in total. The summed E-state index contributed by atoms with van der Waals surface area (Å²) in [6.45, 7) is 6.18. The van der Waals surface area contributed by atoms with Crippen LogP contribution in [0, 0.1) is 0 Å². The number of nitrogens with one attached hydrogen (secondary N) is 1. The van der Waals surface area contributed by atoms with Crippen molar-refractivity contribution in [1.82, 2.24) is 0 Å². The highest BCUT2D eigenvalue weighted by molar-refractivity contribution is 6.52. The van der Waals surface area contributed by atoms with Crippen molar-refractivity contribution in [3.8, 4) is 0 Å². The number of hydrogen-bond acceptors (Lipinski definition) is 8. The van der Waals surface area contributed by atoms with Gasteiger partial charge in [0.05, 0.1) is 19.8 Å². The third-order valence-electron chi connectivity index (χ3n) is 2.14. The molecule has 22 heavy (non-hydrogen) atoms. The van der Waals surface area contributed by atoms with Gasteiger partial charge in [0.1, 0.15) is 6.73 Å². The van der Waals surface area contributed by atoms with Crippen LogP contribution in [0.15, 0.2) is 30.3 Å². The zero-order valence-corrected chi connectivity index (χ0v) is 14.1. The Morgan fingerprint density at radius 3 is 1.77 bits per heavy atom. The summed E-state index contributed by atoms with van der Waals surface area (Å²) < 4.78 is 20.8. The van der Waals surface area contributed by atoms with Crippen molar-refractivity contribution in [3.63, 3.8) is 0 Å². The van der Waals surface area contributed by atoms with Crippen molar-refractivity contribution in [1.29, 1.82) is 0 Å². The van der Waals surface area contributed by atoms with Gasteiger partial charge in [0.15, 0.2) is 0 Å². The predicted octanol–water partition coefficient (Wildman–Crippen LogP) is 2.41. The van der Waals surface area contributed by atoms with Crippen LogP contribution < -0.4 is 5.32 Å². The highest BCUT2D eigenvalue weighted by atomic mass is 28.4. The summed E-state index contributed by atoms with van der Waals surface area (Å²) in [5.74, 6) is 0. The topological polar surface area (TPSA) is 76.6 Å². The van der Waals surface area contributed by atoms with E-state index in [4.69, 9.17) is 32.8 Å². The minimum atomic E-state index is -3.74. The van der Waals surface area contributed by atoms with Crippen LogP contribution in [-0.4, -0.2) is 35.6 Å². The summed E-state index contributed by atoms with van der Waals surface area (Å²) in [6.07, 6.45) is 0. The molecule has 0 unspecified atom stereocenters. The Kier molecular flexibility index (Phi) is 9.95. The van der Waals surface area contributed by atoms with E-state index in [2.05, 4.69) is 5.32 Å². The smallest absolute Gasteiger partial charge is 0.363 e. The summed E-state index contributed by atoms with van der Waals surface area (Å²) in [5, 5.41) is 3.04. The molecule has 0 aliphatic heterocycles. The monoisotopic (exact) mass is 333 g/mol. The van der Waals surface area contributed by atoms with Gasteiger partial charge >= 0.3 is 9.05 Å². The number of benzene rings is 1. The molecule has 0 amide bonds. The number of rotatable bonds is 13. The molecule has 0 radical (unpaired) electrons. The molecule has 0 spiro atoms. The molecule has 0 saturated heterocycles. The molecule has 1 aromatic rings. The van der Waals surface area contributed by atoms with Crippen LogP contribution in [0.2, 0.25) is 0 Å². The van der Waals surface area contributed by atoms with Crippen molar-refractivity contribution in [2.24, 2.45) is 0 Å². The van der Waals surface area contributed by atoms with E-state index in [1.165, 1.54) is 0 Å². The fourth-order valence-corrected chi connectivity index (χ4v) is 2.53. The minimum Gasteiger partial charge on any atom is -0.363 e. The van der Waals surface area contributed by atoms with Gasteiger partial charge in [-0.3, -0.25) is 0 Å². The number of anilines is 1. The Balaban J connectivity index is 2.59. The molecule has 1 rings (SSSR count). The third kappa shape index (κ3) is 7.29. The largest absolute Gasteiger partial charge is 0.765 e. The molecule has 0 fully saturated rings. The third-order valence-corrected chi connectivity index (χ3v) is 3.60. The molecular weight excluding hydrogens is 310 g/mol. The van der Waals surface area contributed by atoms with E-state index in [0.717, 1.165) is 5.69 Å². The highest BCUT2D eigenvalue weighted by Gasteiger charge is 2.52. The molecular formula is C13H23NO7Si. The molecule has 0 bridgehead atoms. The van der Waals surface area contributed by atoms with E-state index >= 15 is 0 Å². The zero-order chi connectivity index (χ0) is 16.1. The van der Waals surface area contributed by atoms with Crippen molar-refractivity contribution < 1.29 is 32.8 Å². The molecule has 9 heteroatoms. The normalized spacial score (nSPS) is 11.6. The second-order valence-corrected chi connectivity index (χ2v) is 5.59. The van der Waals surface area contributed by atoms with Crippen molar-refractivity contribution in [2.75, 3.05) is 31.9 Å². The zero-order valence-electron chi connectivity index (χ0n) is 13.1. The highest BCUT2D eigenvalue weighted by Crippen LogP contribution is 2.15. The van der Waals surface area contributed by atoms with Gasteiger partial charge < -0.3 is 9.74 Å². The number of para-hydroxylation sites is 1. The van der Waals surface area contributed by atoms with E-state index in [9.17, 15) is 0 Å². The van der Waals surface area contributed by atoms with Crippen LogP contribution in [-0.2, 0) is 32.8 Å². The van der Waals surface area contributed by atoms with E-state index in [0.29, 0.717) is 0 Å². The van der Waals surface area contributed by atoms with Gasteiger partial charge in [-0.15, -0.1) is 0 Å². The molecule has 0 atom stereocenters. The quantitative estimate of drug-likeness (QED) is 0.255. The van der Waals surface area contributed by atoms with Crippen molar-refractivity contribution >= 4 is 14.7 Å².